The van der Waals surface area contributed by atoms with Crippen LogP contribution >= 0.6 is 0 Å². The van der Waals surface area contributed by atoms with Crippen LogP contribution in [0.2, 0.25) is 0 Å². The molecule has 0 saturated heterocycles. The van der Waals surface area contributed by atoms with E-state index in [0.717, 1.165) is 24.4 Å². The van der Waals surface area contributed by atoms with Crippen molar-refractivity contribution >= 4 is 0 Å². The molecule has 0 amide bonds. The fraction of sp³-hybridized carbons (Fsp3) is 0.353. The largest absolute Gasteiger partial charge is 0.493 e. The summed E-state index contributed by atoms with van der Waals surface area (Å²) >= 11 is 0. The lowest BCUT2D eigenvalue weighted by Crippen LogP contribution is -2.08. The van der Waals surface area contributed by atoms with Gasteiger partial charge in [-0.05, 0) is 49.7 Å². The van der Waals surface area contributed by atoms with Gasteiger partial charge in [-0.3, -0.25) is 4.98 Å². The van der Waals surface area contributed by atoms with Crippen molar-refractivity contribution in [3.63, 3.8) is 0 Å². The quantitative estimate of drug-likeness (QED) is 0.876. The van der Waals surface area contributed by atoms with E-state index >= 15 is 0 Å². The van der Waals surface area contributed by atoms with Crippen LogP contribution in [-0.4, -0.2) is 18.6 Å². The monoisotopic (exact) mass is 270 g/mol. The number of aromatic nitrogens is 1. The summed E-state index contributed by atoms with van der Waals surface area (Å²) in [6, 6.07) is 10.3. The van der Waals surface area contributed by atoms with Crippen molar-refractivity contribution in [2.75, 3.05) is 13.7 Å². The summed E-state index contributed by atoms with van der Waals surface area (Å²) in [7, 11) is 1.96. The average Bonchev–Trinajstić information content (AvgIpc) is 2.43. The van der Waals surface area contributed by atoms with Gasteiger partial charge in [0.1, 0.15) is 5.75 Å². The highest BCUT2D eigenvalue weighted by Crippen LogP contribution is 2.25. The highest BCUT2D eigenvalue weighted by molar-refractivity contribution is 5.43. The zero-order valence-electron chi connectivity index (χ0n) is 12.4. The maximum atomic E-state index is 5.94. The highest BCUT2D eigenvalue weighted by Gasteiger charge is 2.06. The Balaban J connectivity index is 1.99. The Morgan fingerprint density at radius 2 is 1.90 bits per heavy atom. The van der Waals surface area contributed by atoms with Gasteiger partial charge in [-0.15, -0.1) is 0 Å². The lowest BCUT2D eigenvalue weighted by Gasteiger charge is -2.14. The molecule has 0 unspecified atom stereocenters. The Bertz CT molecular complexity index is 529. The van der Waals surface area contributed by atoms with Gasteiger partial charge < -0.3 is 10.1 Å². The van der Waals surface area contributed by atoms with E-state index in [1.54, 1.807) is 0 Å². The van der Waals surface area contributed by atoms with Crippen molar-refractivity contribution in [2.24, 2.45) is 0 Å². The second-order valence-corrected chi connectivity index (χ2v) is 5.01. The zero-order valence-corrected chi connectivity index (χ0v) is 12.4. The zero-order chi connectivity index (χ0) is 14.4. The molecule has 1 aromatic carbocycles. The van der Waals surface area contributed by atoms with Gasteiger partial charge in [-0.2, -0.15) is 0 Å². The van der Waals surface area contributed by atoms with E-state index in [9.17, 15) is 0 Å². The van der Waals surface area contributed by atoms with Gasteiger partial charge in [0.15, 0.2) is 0 Å². The number of benzene rings is 1. The number of hydrogen-bond acceptors (Lipinski definition) is 3. The molecule has 1 heterocycles. The van der Waals surface area contributed by atoms with Gasteiger partial charge in [0, 0.05) is 24.9 Å². The molecule has 0 aliphatic rings. The Kier molecular flexibility index (Phi) is 5.13. The van der Waals surface area contributed by atoms with E-state index in [-0.39, 0.29) is 0 Å². The third-order valence-electron chi connectivity index (χ3n) is 3.23. The number of nitrogens with zero attached hydrogens (tertiary/aromatic N) is 1. The molecule has 0 bridgehead atoms. The smallest absolute Gasteiger partial charge is 0.125 e. The molecule has 0 aliphatic carbocycles. The predicted octanol–water partition coefficient (Wildman–Crippen LogP) is 3.04. The molecule has 1 N–H and O–H groups in total. The minimum absolute atomic E-state index is 0.657. The molecule has 2 aromatic rings. The summed E-state index contributed by atoms with van der Waals surface area (Å²) in [4.78, 5) is 4.30. The summed E-state index contributed by atoms with van der Waals surface area (Å²) in [5.41, 5.74) is 4.74. The van der Waals surface area contributed by atoms with Gasteiger partial charge in [0.05, 0.1) is 6.61 Å². The summed E-state index contributed by atoms with van der Waals surface area (Å²) in [6.07, 6.45) is 2.65. The number of hydrogen-bond donors (Lipinski definition) is 1. The minimum Gasteiger partial charge on any atom is -0.493 e. The first kappa shape index (κ1) is 14.5. The molecular formula is C17H22N2O. The molecule has 0 atom stereocenters. The fourth-order valence-corrected chi connectivity index (χ4v) is 2.38. The van der Waals surface area contributed by atoms with E-state index in [2.05, 4.69) is 36.3 Å². The molecule has 0 fully saturated rings. The minimum atomic E-state index is 0.657. The van der Waals surface area contributed by atoms with Crippen LogP contribution < -0.4 is 10.1 Å². The van der Waals surface area contributed by atoms with Crippen LogP contribution in [0.1, 0.15) is 22.4 Å². The van der Waals surface area contributed by atoms with Crippen LogP contribution in [0.25, 0.3) is 0 Å². The van der Waals surface area contributed by atoms with Gasteiger partial charge in [-0.1, -0.05) is 18.2 Å². The molecule has 106 valence electrons. The molecule has 2 rings (SSSR count). The molecule has 20 heavy (non-hydrogen) atoms. The van der Waals surface area contributed by atoms with E-state index < -0.39 is 0 Å². The summed E-state index contributed by atoms with van der Waals surface area (Å²) < 4.78 is 5.94. The van der Waals surface area contributed by atoms with Gasteiger partial charge >= 0.3 is 0 Å². The Morgan fingerprint density at radius 1 is 1.15 bits per heavy atom. The topological polar surface area (TPSA) is 34.1 Å². The molecule has 0 spiro atoms. The van der Waals surface area contributed by atoms with Crippen LogP contribution in [0, 0.1) is 13.8 Å². The predicted molar refractivity (Wildman–Crippen MR) is 82.1 cm³/mol. The van der Waals surface area contributed by atoms with Gasteiger partial charge in [0.2, 0.25) is 0 Å². The number of aryl methyl sites for hydroxylation is 2. The van der Waals surface area contributed by atoms with Crippen LogP contribution in [0.5, 0.6) is 5.75 Å². The SMILES string of the molecule is CNCc1cc(C)c(OCCc2ccccn2)c(C)c1. The van der Waals surface area contributed by atoms with Crippen molar-refractivity contribution in [3.8, 4) is 5.75 Å². The Hall–Kier alpha value is -1.87. The molecule has 3 heteroatoms. The third kappa shape index (κ3) is 3.81. The van der Waals surface area contributed by atoms with Crippen LogP contribution in [0.3, 0.4) is 0 Å². The van der Waals surface area contributed by atoms with Crippen molar-refractivity contribution in [1.29, 1.82) is 0 Å². The molecule has 0 radical (unpaired) electrons. The lowest BCUT2D eigenvalue weighted by atomic mass is 10.1. The van der Waals surface area contributed by atoms with Crippen LogP contribution in [-0.2, 0) is 13.0 Å². The first-order valence-electron chi connectivity index (χ1n) is 6.98. The second-order valence-electron chi connectivity index (χ2n) is 5.01. The number of ether oxygens (including phenoxy) is 1. The maximum Gasteiger partial charge on any atom is 0.125 e. The van der Waals surface area contributed by atoms with E-state index in [0.29, 0.717) is 6.61 Å². The molecule has 0 aliphatic heterocycles. The van der Waals surface area contributed by atoms with E-state index in [1.807, 2.05) is 31.4 Å². The standard InChI is InChI=1S/C17H22N2O/c1-13-10-15(12-18-3)11-14(2)17(13)20-9-7-16-6-4-5-8-19-16/h4-6,8,10-11,18H,7,9,12H2,1-3H3. The Morgan fingerprint density at radius 3 is 2.50 bits per heavy atom. The first-order chi connectivity index (χ1) is 9.70. The van der Waals surface area contributed by atoms with Crippen LogP contribution in [0.4, 0.5) is 0 Å². The second kappa shape index (κ2) is 7.06. The Labute approximate surface area is 121 Å². The van der Waals surface area contributed by atoms with Crippen molar-refractivity contribution < 1.29 is 4.74 Å². The number of pyridine rings is 1. The summed E-state index contributed by atoms with van der Waals surface area (Å²) in [6.45, 7) is 5.74. The normalized spacial score (nSPS) is 10.6. The number of nitrogens with one attached hydrogen (secondary N) is 1. The highest BCUT2D eigenvalue weighted by atomic mass is 16.5. The summed E-state index contributed by atoms with van der Waals surface area (Å²) in [5, 5.41) is 3.17. The van der Waals surface area contributed by atoms with Crippen molar-refractivity contribution in [1.82, 2.24) is 10.3 Å². The molecular weight excluding hydrogens is 248 g/mol. The lowest BCUT2D eigenvalue weighted by molar-refractivity contribution is 0.316. The van der Waals surface area contributed by atoms with Crippen LogP contribution in [0.15, 0.2) is 36.5 Å². The van der Waals surface area contributed by atoms with E-state index in [4.69, 9.17) is 4.74 Å². The summed E-state index contributed by atoms with van der Waals surface area (Å²) in [5.74, 6) is 1.00. The van der Waals surface area contributed by atoms with Crippen molar-refractivity contribution in [2.45, 2.75) is 26.8 Å². The molecule has 0 saturated carbocycles. The van der Waals surface area contributed by atoms with Gasteiger partial charge in [-0.25, -0.2) is 0 Å². The average molecular weight is 270 g/mol. The molecule has 3 nitrogen and oxygen atoms in total. The molecule has 1 aromatic heterocycles. The number of rotatable bonds is 6. The van der Waals surface area contributed by atoms with Crippen molar-refractivity contribution in [3.05, 3.63) is 58.9 Å². The van der Waals surface area contributed by atoms with Gasteiger partial charge in [0.25, 0.3) is 0 Å². The van der Waals surface area contributed by atoms with E-state index in [1.165, 1.54) is 16.7 Å². The maximum absolute atomic E-state index is 5.94. The third-order valence-corrected chi connectivity index (χ3v) is 3.23. The first-order valence-corrected chi connectivity index (χ1v) is 6.98. The fourth-order valence-electron chi connectivity index (χ4n) is 2.38.